The number of hydrogen-bond donors (Lipinski definition) is 1. The van der Waals surface area contributed by atoms with Crippen molar-refractivity contribution in [1.82, 2.24) is 0 Å². The van der Waals surface area contributed by atoms with Crippen LogP contribution in [-0.4, -0.2) is 47.2 Å². The van der Waals surface area contributed by atoms with Gasteiger partial charge in [-0.1, -0.05) is 0 Å². The zero-order valence-electron chi connectivity index (χ0n) is 6.29. The van der Waals surface area contributed by atoms with E-state index in [9.17, 15) is 4.57 Å². The minimum atomic E-state index is -3.22. The quantitative estimate of drug-likeness (QED) is 0.482. The zero-order chi connectivity index (χ0) is 6.78. The predicted molar refractivity (Wildman–Crippen MR) is 37.7 cm³/mol. The van der Waals surface area contributed by atoms with Crippen LogP contribution in [-0.2, 0) is 9.09 Å². The van der Waals surface area contributed by atoms with E-state index in [2.05, 4.69) is 4.52 Å². The van der Waals surface area contributed by atoms with E-state index >= 15 is 0 Å². The molecule has 51 valence electrons. The molecule has 0 aromatic rings. The Kier molecular flexibility index (Phi) is 6.95. The zero-order valence-corrected chi connectivity index (χ0v) is 9.18. The maximum absolute atomic E-state index is 10.4. The van der Waals surface area contributed by atoms with Gasteiger partial charge in [0.15, 0.2) is 0 Å². The predicted octanol–water partition coefficient (Wildman–Crippen LogP) is 0.846. The molecule has 0 fully saturated rings. The molecule has 5 heteroatoms. The van der Waals surface area contributed by atoms with E-state index in [1.807, 2.05) is 0 Å². The van der Waals surface area contributed by atoms with Crippen LogP contribution in [0.25, 0.3) is 0 Å². The van der Waals surface area contributed by atoms with E-state index in [4.69, 9.17) is 4.89 Å². The van der Waals surface area contributed by atoms with Crippen LogP contribution in [0.1, 0.15) is 13.8 Å². The molecule has 1 N–H and O–H groups in total. The number of rotatable bonds is 2. The fourth-order valence-electron chi connectivity index (χ4n) is 0.391. The summed E-state index contributed by atoms with van der Waals surface area (Å²) in [5, 5.41) is 0. The standard InChI is InChI=1S/C4H11O3P.Na/c1-4(2)7-8(3,5)6;/h4H,1-3H3,(H,5,6);. The largest absolute Gasteiger partial charge is 0.325 e. The third kappa shape index (κ3) is 12.4. The number of hydrogen-bond acceptors (Lipinski definition) is 2. The van der Waals surface area contributed by atoms with Crippen LogP contribution in [0.4, 0.5) is 0 Å². The summed E-state index contributed by atoms with van der Waals surface area (Å²) < 4.78 is 14.9. The van der Waals surface area contributed by atoms with Crippen molar-refractivity contribution < 1.29 is 14.0 Å². The van der Waals surface area contributed by atoms with Crippen LogP contribution >= 0.6 is 7.60 Å². The monoisotopic (exact) mass is 161 g/mol. The molecule has 0 aliphatic heterocycles. The second-order valence-electron chi connectivity index (χ2n) is 1.96. The second-order valence-corrected chi connectivity index (χ2v) is 3.77. The Balaban J connectivity index is 0. The van der Waals surface area contributed by atoms with Crippen LogP contribution < -0.4 is 0 Å². The Morgan fingerprint density at radius 2 is 1.89 bits per heavy atom. The summed E-state index contributed by atoms with van der Waals surface area (Å²) in [6.45, 7) is 4.60. The van der Waals surface area contributed by atoms with Gasteiger partial charge >= 0.3 is 7.60 Å². The summed E-state index contributed by atoms with van der Waals surface area (Å²) in [5.74, 6) is 0. The Hall–Kier alpha value is 1.15. The molecule has 0 amide bonds. The summed E-state index contributed by atoms with van der Waals surface area (Å²) in [6, 6.07) is 0. The first-order valence-electron chi connectivity index (χ1n) is 2.40. The van der Waals surface area contributed by atoms with Gasteiger partial charge in [-0.2, -0.15) is 0 Å². The summed E-state index contributed by atoms with van der Waals surface area (Å²) in [5.41, 5.74) is 0. The molecule has 0 aromatic carbocycles. The van der Waals surface area contributed by atoms with Crippen molar-refractivity contribution >= 4 is 37.2 Å². The van der Waals surface area contributed by atoms with Crippen LogP contribution in [0, 0.1) is 0 Å². The van der Waals surface area contributed by atoms with Crippen molar-refractivity contribution in [3.05, 3.63) is 0 Å². The van der Waals surface area contributed by atoms with E-state index < -0.39 is 7.60 Å². The SMILES string of the molecule is CC(C)OP(C)(=O)O.[Na]. The topological polar surface area (TPSA) is 46.5 Å². The van der Waals surface area contributed by atoms with Crippen LogP contribution in [0.2, 0.25) is 0 Å². The maximum Gasteiger partial charge on any atom is 0.325 e. The molecule has 0 rings (SSSR count). The van der Waals surface area contributed by atoms with Crippen molar-refractivity contribution in [3.8, 4) is 0 Å². The Labute approximate surface area is 77.6 Å². The molecule has 0 aliphatic carbocycles. The van der Waals surface area contributed by atoms with E-state index in [1.165, 1.54) is 6.66 Å². The Morgan fingerprint density at radius 1 is 1.56 bits per heavy atom. The second kappa shape index (κ2) is 4.89. The van der Waals surface area contributed by atoms with Gasteiger partial charge in [0, 0.05) is 36.2 Å². The molecule has 0 saturated heterocycles. The molecule has 0 bridgehead atoms. The van der Waals surface area contributed by atoms with Crippen molar-refractivity contribution in [1.29, 1.82) is 0 Å². The molecule has 3 nitrogen and oxygen atoms in total. The van der Waals surface area contributed by atoms with Gasteiger partial charge in [-0.15, -0.1) is 0 Å². The van der Waals surface area contributed by atoms with Crippen LogP contribution in [0.5, 0.6) is 0 Å². The molecular formula is C4H11NaO3P. The third-order valence-corrected chi connectivity index (χ3v) is 1.22. The van der Waals surface area contributed by atoms with Crippen LogP contribution in [0.3, 0.4) is 0 Å². The van der Waals surface area contributed by atoms with Crippen molar-refractivity contribution in [2.45, 2.75) is 20.0 Å². The first-order chi connectivity index (χ1) is 3.42. The van der Waals surface area contributed by atoms with Gasteiger partial charge in [0.1, 0.15) is 0 Å². The first-order valence-corrected chi connectivity index (χ1v) is 4.43. The van der Waals surface area contributed by atoms with E-state index in [0.717, 1.165) is 0 Å². The molecule has 9 heavy (non-hydrogen) atoms. The van der Waals surface area contributed by atoms with Gasteiger partial charge in [0.2, 0.25) is 0 Å². The molecule has 0 spiro atoms. The smallest absolute Gasteiger partial charge is 0.324 e. The Bertz CT molecular complexity index is 108. The van der Waals surface area contributed by atoms with Crippen molar-refractivity contribution in [2.24, 2.45) is 0 Å². The Morgan fingerprint density at radius 3 is 1.89 bits per heavy atom. The molecule has 0 heterocycles. The van der Waals surface area contributed by atoms with Crippen LogP contribution in [0.15, 0.2) is 0 Å². The first kappa shape index (κ1) is 12.8. The molecule has 1 unspecified atom stereocenters. The van der Waals surface area contributed by atoms with Gasteiger partial charge in [-0.3, -0.25) is 4.57 Å². The van der Waals surface area contributed by atoms with Gasteiger partial charge in [0.25, 0.3) is 0 Å². The molecular weight excluding hydrogens is 150 g/mol. The molecule has 0 aromatic heterocycles. The van der Waals surface area contributed by atoms with Gasteiger partial charge in [-0.25, -0.2) is 0 Å². The van der Waals surface area contributed by atoms with E-state index in [-0.39, 0.29) is 35.7 Å². The van der Waals surface area contributed by atoms with Gasteiger partial charge in [-0.05, 0) is 13.8 Å². The molecule has 0 aliphatic rings. The summed E-state index contributed by atoms with van der Waals surface area (Å²) in [4.78, 5) is 8.52. The fourth-order valence-corrected chi connectivity index (χ4v) is 1.17. The van der Waals surface area contributed by atoms with Crippen molar-refractivity contribution in [2.75, 3.05) is 6.66 Å². The average molecular weight is 161 g/mol. The average Bonchev–Trinajstić information content (AvgIpc) is 1.21. The third-order valence-electron chi connectivity index (χ3n) is 0.406. The van der Waals surface area contributed by atoms with Crippen molar-refractivity contribution in [3.63, 3.8) is 0 Å². The summed E-state index contributed by atoms with van der Waals surface area (Å²) in [7, 11) is -3.22. The fraction of sp³-hybridized carbons (Fsp3) is 1.00. The maximum atomic E-state index is 10.4. The minimum absolute atomic E-state index is 0. The van der Waals surface area contributed by atoms with Gasteiger partial charge in [0.05, 0.1) is 6.10 Å². The summed E-state index contributed by atoms with van der Waals surface area (Å²) in [6.07, 6.45) is -0.171. The van der Waals surface area contributed by atoms with E-state index in [1.54, 1.807) is 13.8 Å². The molecule has 1 atom stereocenters. The normalized spacial score (nSPS) is 16.6. The van der Waals surface area contributed by atoms with Gasteiger partial charge < -0.3 is 9.42 Å². The molecule has 1 radical (unpaired) electrons. The summed E-state index contributed by atoms with van der Waals surface area (Å²) >= 11 is 0. The van der Waals surface area contributed by atoms with E-state index in [0.29, 0.717) is 0 Å². The minimum Gasteiger partial charge on any atom is -0.324 e. The molecule has 0 saturated carbocycles.